The molecule has 0 saturated carbocycles. The molecule has 0 bridgehead atoms. The zero-order chi connectivity index (χ0) is 14.8. The first-order valence-electron chi connectivity index (χ1n) is 5.77. The lowest BCUT2D eigenvalue weighted by Gasteiger charge is -2.03. The predicted octanol–water partition coefficient (Wildman–Crippen LogP) is 2.27. The van der Waals surface area contributed by atoms with E-state index in [1.54, 1.807) is 30.4 Å². The first-order chi connectivity index (χ1) is 9.36. The summed E-state index contributed by atoms with van der Waals surface area (Å²) in [5.41, 5.74) is 13.3. The summed E-state index contributed by atoms with van der Waals surface area (Å²) in [5, 5.41) is 0. The van der Waals surface area contributed by atoms with Gasteiger partial charge in [-0.25, -0.2) is 0 Å². The van der Waals surface area contributed by atoms with Crippen LogP contribution >= 0.6 is 0 Å². The summed E-state index contributed by atoms with van der Waals surface area (Å²) < 4.78 is 31.4. The largest absolute Gasteiger partial charge is 0.399 e. The first kappa shape index (κ1) is 14.1. The van der Waals surface area contributed by atoms with Crippen molar-refractivity contribution in [2.45, 2.75) is 4.90 Å². The molecule has 0 aromatic heterocycles. The van der Waals surface area contributed by atoms with Crippen molar-refractivity contribution in [3.05, 3.63) is 53.6 Å². The molecular formula is C14H14N2O3S. The van der Waals surface area contributed by atoms with Crippen LogP contribution in [0.1, 0.15) is 11.1 Å². The van der Waals surface area contributed by atoms with Gasteiger partial charge < -0.3 is 11.5 Å². The summed E-state index contributed by atoms with van der Waals surface area (Å²) in [4.78, 5) is -0.294. The van der Waals surface area contributed by atoms with Gasteiger partial charge in [-0.3, -0.25) is 4.55 Å². The molecule has 0 unspecified atom stereocenters. The highest BCUT2D eigenvalue weighted by Gasteiger charge is 2.13. The fourth-order valence-electron chi connectivity index (χ4n) is 1.68. The minimum Gasteiger partial charge on any atom is -0.399 e. The van der Waals surface area contributed by atoms with Crippen LogP contribution in [0.15, 0.2) is 47.4 Å². The topological polar surface area (TPSA) is 106 Å². The van der Waals surface area contributed by atoms with Gasteiger partial charge in [-0.1, -0.05) is 30.4 Å². The molecule has 5 N–H and O–H groups in total. The normalized spacial score (nSPS) is 11.8. The molecule has 0 aliphatic rings. The van der Waals surface area contributed by atoms with E-state index < -0.39 is 10.1 Å². The highest BCUT2D eigenvalue weighted by molar-refractivity contribution is 7.86. The molecule has 104 valence electrons. The second-order valence-electron chi connectivity index (χ2n) is 4.27. The fraction of sp³-hybridized carbons (Fsp3) is 0. The van der Waals surface area contributed by atoms with Gasteiger partial charge >= 0.3 is 0 Å². The second kappa shape index (κ2) is 5.36. The predicted molar refractivity (Wildman–Crippen MR) is 80.5 cm³/mol. The Labute approximate surface area is 117 Å². The Morgan fingerprint density at radius 3 is 2.05 bits per heavy atom. The molecule has 0 amide bonds. The summed E-state index contributed by atoms with van der Waals surface area (Å²) in [7, 11) is -4.32. The Hall–Kier alpha value is -2.31. The lowest BCUT2D eigenvalue weighted by molar-refractivity contribution is 0.483. The summed E-state index contributed by atoms with van der Waals surface area (Å²) in [6.07, 6.45) is 3.53. The van der Waals surface area contributed by atoms with Crippen molar-refractivity contribution >= 4 is 33.6 Å². The van der Waals surface area contributed by atoms with Crippen molar-refractivity contribution in [1.82, 2.24) is 0 Å². The maximum Gasteiger partial charge on any atom is 0.296 e. The molecular weight excluding hydrogens is 276 g/mol. The van der Waals surface area contributed by atoms with Crippen molar-refractivity contribution in [2.75, 3.05) is 11.5 Å². The minimum absolute atomic E-state index is 0.0112. The molecule has 2 aromatic rings. The molecule has 0 saturated heterocycles. The van der Waals surface area contributed by atoms with Gasteiger partial charge in [-0.05, 0) is 35.4 Å². The van der Waals surface area contributed by atoms with Crippen LogP contribution in [-0.4, -0.2) is 13.0 Å². The molecule has 0 aliphatic carbocycles. The molecule has 20 heavy (non-hydrogen) atoms. The second-order valence-corrected chi connectivity index (χ2v) is 5.66. The minimum atomic E-state index is -4.32. The van der Waals surface area contributed by atoms with Crippen LogP contribution in [0.3, 0.4) is 0 Å². The number of nitrogen functional groups attached to an aromatic ring is 2. The van der Waals surface area contributed by atoms with Crippen LogP contribution < -0.4 is 11.5 Å². The molecule has 0 aliphatic heterocycles. The van der Waals surface area contributed by atoms with Crippen LogP contribution in [-0.2, 0) is 10.1 Å². The van der Waals surface area contributed by atoms with Gasteiger partial charge in [0.2, 0.25) is 0 Å². The smallest absolute Gasteiger partial charge is 0.296 e. The molecule has 6 heteroatoms. The lowest BCUT2D eigenvalue weighted by Crippen LogP contribution is -2.03. The molecule has 0 atom stereocenters. The third-order valence-electron chi connectivity index (χ3n) is 2.72. The summed E-state index contributed by atoms with van der Waals surface area (Å²) in [6, 6.07) is 11.6. The number of anilines is 2. The van der Waals surface area contributed by atoms with Crippen molar-refractivity contribution in [3.63, 3.8) is 0 Å². The zero-order valence-electron chi connectivity index (χ0n) is 10.5. The van der Waals surface area contributed by atoms with Gasteiger partial charge in [-0.2, -0.15) is 8.42 Å². The Balaban J connectivity index is 2.33. The van der Waals surface area contributed by atoms with Crippen molar-refractivity contribution in [3.8, 4) is 0 Å². The number of hydrogen-bond donors (Lipinski definition) is 3. The average molecular weight is 290 g/mol. The Kier molecular flexibility index (Phi) is 3.78. The van der Waals surface area contributed by atoms with Crippen LogP contribution in [0.5, 0.6) is 0 Å². The van der Waals surface area contributed by atoms with Gasteiger partial charge in [0.15, 0.2) is 0 Å². The maximum absolute atomic E-state index is 11.2. The quantitative estimate of drug-likeness (QED) is 0.456. The van der Waals surface area contributed by atoms with E-state index in [2.05, 4.69) is 0 Å². The molecule has 0 spiro atoms. The number of hydrogen-bond acceptors (Lipinski definition) is 4. The Morgan fingerprint density at radius 1 is 0.900 bits per heavy atom. The van der Waals surface area contributed by atoms with Gasteiger partial charge in [0, 0.05) is 5.69 Å². The van der Waals surface area contributed by atoms with Gasteiger partial charge in [0.1, 0.15) is 4.90 Å². The molecule has 0 radical (unpaired) electrons. The summed E-state index contributed by atoms with van der Waals surface area (Å²) in [6.45, 7) is 0. The molecule has 0 fully saturated rings. The monoisotopic (exact) mass is 290 g/mol. The maximum atomic E-state index is 11.2. The van der Waals surface area contributed by atoms with Crippen LogP contribution in [0.4, 0.5) is 11.4 Å². The highest BCUT2D eigenvalue weighted by Crippen LogP contribution is 2.21. The SMILES string of the molecule is Nc1ccc(C=Cc2ccc(N)c(S(=O)(=O)O)c2)cc1. The van der Waals surface area contributed by atoms with E-state index in [4.69, 9.17) is 16.0 Å². The standard InChI is InChI=1S/C14H14N2O3S/c15-12-6-3-10(4-7-12)1-2-11-5-8-13(16)14(9-11)20(17,18)19/h1-9H,15-16H2,(H,17,18,19). The Morgan fingerprint density at radius 2 is 1.45 bits per heavy atom. The van der Waals surface area contributed by atoms with Crippen molar-refractivity contribution < 1.29 is 13.0 Å². The molecule has 0 heterocycles. The fourth-order valence-corrected chi connectivity index (χ4v) is 2.33. The van der Waals surface area contributed by atoms with E-state index in [1.807, 2.05) is 12.1 Å². The van der Waals surface area contributed by atoms with Crippen molar-refractivity contribution in [1.29, 1.82) is 0 Å². The molecule has 2 aromatic carbocycles. The average Bonchev–Trinajstić information content (AvgIpc) is 2.38. The van der Waals surface area contributed by atoms with Crippen LogP contribution in [0.2, 0.25) is 0 Å². The third kappa shape index (κ3) is 3.37. The summed E-state index contributed by atoms with van der Waals surface area (Å²) >= 11 is 0. The molecule has 2 rings (SSSR count). The third-order valence-corrected chi connectivity index (χ3v) is 3.63. The van der Waals surface area contributed by atoms with Gasteiger partial charge in [-0.15, -0.1) is 0 Å². The Bertz CT molecular complexity index is 750. The van der Waals surface area contributed by atoms with E-state index in [1.165, 1.54) is 12.1 Å². The highest BCUT2D eigenvalue weighted by atomic mass is 32.2. The van der Waals surface area contributed by atoms with Gasteiger partial charge in [0.25, 0.3) is 10.1 Å². The van der Waals surface area contributed by atoms with Crippen molar-refractivity contribution in [2.24, 2.45) is 0 Å². The number of rotatable bonds is 3. The summed E-state index contributed by atoms with van der Waals surface area (Å²) in [5.74, 6) is 0. The van der Waals surface area contributed by atoms with Crippen LogP contribution in [0.25, 0.3) is 12.2 Å². The molecule has 5 nitrogen and oxygen atoms in total. The first-order valence-corrected chi connectivity index (χ1v) is 7.21. The van der Waals surface area contributed by atoms with E-state index in [-0.39, 0.29) is 10.6 Å². The van der Waals surface area contributed by atoms with E-state index in [0.29, 0.717) is 11.3 Å². The van der Waals surface area contributed by atoms with E-state index >= 15 is 0 Å². The van der Waals surface area contributed by atoms with E-state index in [0.717, 1.165) is 5.56 Å². The number of benzene rings is 2. The van der Waals surface area contributed by atoms with Gasteiger partial charge in [0.05, 0.1) is 5.69 Å². The van der Waals surface area contributed by atoms with Crippen LogP contribution in [0, 0.1) is 0 Å². The lowest BCUT2D eigenvalue weighted by atomic mass is 10.1. The van der Waals surface area contributed by atoms with E-state index in [9.17, 15) is 8.42 Å². The number of nitrogens with two attached hydrogens (primary N) is 2. The zero-order valence-corrected chi connectivity index (χ0v) is 11.3.